The zero-order valence-electron chi connectivity index (χ0n) is 16.5. The van der Waals surface area contributed by atoms with Crippen LogP contribution in [0.15, 0.2) is 35.4 Å². The van der Waals surface area contributed by atoms with E-state index in [-0.39, 0.29) is 5.91 Å². The highest BCUT2D eigenvalue weighted by atomic mass is 16.2. The van der Waals surface area contributed by atoms with Crippen LogP contribution in [0.5, 0.6) is 0 Å². The standard InChI is InChI=1S/C21H25N5O2/c1-14-9-11-21(12-10-14)19(27)26(20(28)23-21)22-13-18-15(2)24-25(16(18)3)17-7-5-4-6-8-17/h4-8,13-14H,9-12H2,1-3H3,(H,23,28)/b22-13-. The highest BCUT2D eigenvalue weighted by Crippen LogP contribution is 2.36. The van der Waals surface area contributed by atoms with Gasteiger partial charge in [0.2, 0.25) is 0 Å². The number of carbonyl (C=O) groups is 2. The number of hydrogen-bond acceptors (Lipinski definition) is 4. The summed E-state index contributed by atoms with van der Waals surface area (Å²) in [5.41, 5.74) is 2.67. The van der Waals surface area contributed by atoms with Crippen molar-refractivity contribution >= 4 is 18.2 Å². The number of urea groups is 1. The van der Waals surface area contributed by atoms with Crippen molar-refractivity contribution in [1.29, 1.82) is 0 Å². The summed E-state index contributed by atoms with van der Waals surface area (Å²) in [6.45, 7) is 6.02. The van der Waals surface area contributed by atoms with E-state index in [0.717, 1.165) is 40.5 Å². The highest BCUT2D eigenvalue weighted by Gasteiger charge is 2.52. The molecule has 1 aliphatic carbocycles. The molecule has 1 saturated carbocycles. The third-order valence-electron chi connectivity index (χ3n) is 5.92. The lowest BCUT2D eigenvalue weighted by atomic mass is 9.77. The number of rotatable bonds is 3. The van der Waals surface area contributed by atoms with Crippen LogP contribution in [0.2, 0.25) is 0 Å². The maximum absolute atomic E-state index is 12.9. The van der Waals surface area contributed by atoms with Crippen LogP contribution < -0.4 is 5.32 Å². The molecule has 1 aromatic carbocycles. The SMILES string of the molecule is Cc1nn(-c2ccccc2)c(C)c1/C=N\N1C(=O)NC2(CCC(C)CC2)C1=O. The Morgan fingerprint density at radius 2 is 1.86 bits per heavy atom. The molecule has 2 aromatic rings. The summed E-state index contributed by atoms with van der Waals surface area (Å²) in [5.74, 6) is 0.341. The van der Waals surface area contributed by atoms with Gasteiger partial charge in [0, 0.05) is 5.56 Å². The van der Waals surface area contributed by atoms with Crippen LogP contribution in [-0.4, -0.2) is 38.5 Å². The molecule has 146 valence electrons. The molecule has 2 fully saturated rings. The van der Waals surface area contributed by atoms with Crippen LogP contribution in [0, 0.1) is 19.8 Å². The molecule has 0 bridgehead atoms. The Labute approximate surface area is 164 Å². The second kappa shape index (κ2) is 6.89. The van der Waals surface area contributed by atoms with Crippen LogP contribution in [-0.2, 0) is 4.79 Å². The summed E-state index contributed by atoms with van der Waals surface area (Å²) >= 11 is 0. The molecule has 3 amide bonds. The fraction of sp³-hybridized carbons (Fsp3) is 0.429. The molecule has 1 saturated heterocycles. The smallest absolute Gasteiger partial charge is 0.321 e. The van der Waals surface area contributed by atoms with Crippen LogP contribution in [0.25, 0.3) is 5.69 Å². The maximum Gasteiger partial charge on any atom is 0.346 e. The highest BCUT2D eigenvalue weighted by molar-refractivity contribution is 6.07. The van der Waals surface area contributed by atoms with E-state index >= 15 is 0 Å². The number of aryl methyl sites for hydroxylation is 1. The van der Waals surface area contributed by atoms with Gasteiger partial charge < -0.3 is 5.32 Å². The predicted molar refractivity (Wildman–Crippen MR) is 106 cm³/mol. The minimum absolute atomic E-state index is 0.244. The Bertz CT molecular complexity index is 939. The lowest BCUT2D eigenvalue weighted by Crippen LogP contribution is -2.49. The minimum atomic E-state index is -0.779. The number of imide groups is 1. The van der Waals surface area contributed by atoms with E-state index in [1.54, 1.807) is 6.21 Å². The summed E-state index contributed by atoms with van der Waals surface area (Å²) in [6.07, 6.45) is 4.79. The number of nitrogens with one attached hydrogen (secondary N) is 1. The van der Waals surface area contributed by atoms with E-state index in [2.05, 4.69) is 22.4 Å². The van der Waals surface area contributed by atoms with Gasteiger partial charge in [-0.1, -0.05) is 25.1 Å². The van der Waals surface area contributed by atoms with Gasteiger partial charge in [0.05, 0.1) is 23.3 Å². The van der Waals surface area contributed by atoms with Crippen LogP contribution in [0.4, 0.5) is 4.79 Å². The third kappa shape index (κ3) is 3.00. The van der Waals surface area contributed by atoms with E-state index in [4.69, 9.17) is 0 Å². The summed E-state index contributed by atoms with van der Waals surface area (Å²) in [5, 5.41) is 12.7. The number of amides is 3. The normalized spacial score (nSPS) is 25.1. The third-order valence-corrected chi connectivity index (χ3v) is 5.92. The average molecular weight is 379 g/mol. The lowest BCUT2D eigenvalue weighted by molar-refractivity contribution is -0.132. The van der Waals surface area contributed by atoms with Crippen LogP contribution in [0.3, 0.4) is 0 Å². The van der Waals surface area contributed by atoms with Crippen molar-refractivity contribution < 1.29 is 9.59 Å². The first-order chi connectivity index (χ1) is 13.4. The van der Waals surface area contributed by atoms with Gasteiger partial charge in [0.25, 0.3) is 5.91 Å². The quantitative estimate of drug-likeness (QED) is 0.656. The number of carbonyl (C=O) groups excluding carboxylic acids is 2. The van der Waals surface area contributed by atoms with E-state index in [1.807, 2.05) is 48.9 Å². The van der Waals surface area contributed by atoms with E-state index in [0.29, 0.717) is 18.8 Å². The van der Waals surface area contributed by atoms with Crippen molar-refractivity contribution in [3.63, 3.8) is 0 Å². The molecule has 2 heterocycles. The van der Waals surface area contributed by atoms with Crippen molar-refractivity contribution in [3.05, 3.63) is 47.3 Å². The molecular weight excluding hydrogens is 354 g/mol. The van der Waals surface area contributed by atoms with Gasteiger partial charge in [-0.05, 0) is 57.6 Å². The molecule has 0 atom stereocenters. The Hall–Kier alpha value is -2.96. The van der Waals surface area contributed by atoms with Gasteiger partial charge in [-0.3, -0.25) is 4.79 Å². The minimum Gasteiger partial charge on any atom is -0.321 e. The summed E-state index contributed by atoms with van der Waals surface area (Å²) in [4.78, 5) is 25.3. The zero-order valence-corrected chi connectivity index (χ0v) is 16.5. The molecule has 1 spiro atoms. The molecule has 1 aliphatic heterocycles. The van der Waals surface area contributed by atoms with Crippen LogP contribution >= 0.6 is 0 Å². The second-order valence-corrected chi connectivity index (χ2v) is 7.89. The van der Waals surface area contributed by atoms with Gasteiger partial charge in [-0.25, -0.2) is 9.48 Å². The summed E-state index contributed by atoms with van der Waals surface area (Å²) in [6, 6.07) is 9.38. The number of hydrogen-bond donors (Lipinski definition) is 1. The Morgan fingerprint density at radius 1 is 1.18 bits per heavy atom. The van der Waals surface area contributed by atoms with Gasteiger partial charge in [-0.2, -0.15) is 10.2 Å². The van der Waals surface area contributed by atoms with Crippen molar-refractivity contribution in [2.45, 2.75) is 52.0 Å². The van der Waals surface area contributed by atoms with Gasteiger partial charge in [-0.15, -0.1) is 5.01 Å². The van der Waals surface area contributed by atoms with Crippen molar-refractivity contribution in [2.75, 3.05) is 0 Å². The molecule has 28 heavy (non-hydrogen) atoms. The molecule has 0 radical (unpaired) electrons. The predicted octanol–water partition coefficient (Wildman–Crippen LogP) is 3.32. The molecule has 1 aromatic heterocycles. The summed E-state index contributed by atoms with van der Waals surface area (Å²) in [7, 11) is 0. The molecule has 0 unspecified atom stereocenters. The van der Waals surface area contributed by atoms with Gasteiger partial charge in [0.15, 0.2) is 0 Å². The first-order valence-corrected chi connectivity index (χ1v) is 9.73. The van der Waals surface area contributed by atoms with Crippen molar-refractivity contribution in [3.8, 4) is 5.69 Å². The molecule has 1 N–H and O–H groups in total. The Morgan fingerprint density at radius 3 is 2.54 bits per heavy atom. The largest absolute Gasteiger partial charge is 0.346 e. The lowest BCUT2D eigenvalue weighted by Gasteiger charge is -2.33. The van der Waals surface area contributed by atoms with E-state index < -0.39 is 11.6 Å². The fourth-order valence-corrected chi connectivity index (χ4v) is 4.08. The number of para-hydroxylation sites is 1. The average Bonchev–Trinajstić information content (AvgIpc) is 3.10. The molecule has 2 aliphatic rings. The molecule has 4 rings (SSSR count). The summed E-state index contributed by atoms with van der Waals surface area (Å²) < 4.78 is 1.84. The molecular formula is C21H25N5O2. The maximum atomic E-state index is 12.9. The number of benzene rings is 1. The fourth-order valence-electron chi connectivity index (χ4n) is 4.08. The Balaban J connectivity index is 1.59. The van der Waals surface area contributed by atoms with E-state index in [1.165, 1.54) is 0 Å². The monoisotopic (exact) mass is 379 g/mol. The second-order valence-electron chi connectivity index (χ2n) is 7.89. The number of nitrogens with zero attached hydrogens (tertiary/aromatic N) is 4. The Kier molecular flexibility index (Phi) is 4.53. The van der Waals surface area contributed by atoms with Crippen molar-refractivity contribution in [2.24, 2.45) is 11.0 Å². The zero-order chi connectivity index (χ0) is 19.9. The van der Waals surface area contributed by atoms with Crippen molar-refractivity contribution in [1.82, 2.24) is 20.1 Å². The van der Waals surface area contributed by atoms with Gasteiger partial charge in [0.1, 0.15) is 5.54 Å². The first-order valence-electron chi connectivity index (χ1n) is 9.73. The molecule has 7 heteroatoms. The van der Waals surface area contributed by atoms with Crippen LogP contribution in [0.1, 0.15) is 49.6 Å². The number of hydrazone groups is 1. The first kappa shape index (κ1) is 18.4. The number of aromatic nitrogens is 2. The topological polar surface area (TPSA) is 79.6 Å². The van der Waals surface area contributed by atoms with Gasteiger partial charge >= 0.3 is 6.03 Å². The molecule has 7 nitrogen and oxygen atoms in total. The van der Waals surface area contributed by atoms with E-state index in [9.17, 15) is 9.59 Å².